The third-order valence-electron chi connectivity index (χ3n) is 12.7. The molecule has 63 heavy (non-hydrogen) atoms. The summed E-state index contributed by atoms with van der Waals surface area (Å²) in [6.07, 6.45) is 60.6. The second kappa shape index (κ2) is 51.1. The fourth-order valence-corrected chi connectivity index (χ4v) is 8.46. The first-order valence-electron chi connectivity index (χ1n) is 27.7. The Hall–Kier alpha value is -1.92. The van der Waals surface area contributed by atoms with Gasteiger partial charge in [-0.05, 0) is 83.5 Å². The molecule has 0 aromatic heterocycles. The van der Waals surface area contributed by atoms with Crippen LogP contribution in [0.4, 0.5) is 0 Å². The molecule has 0 aromatic carbocycles. The van der Waals surface area contributed by atoms with E-state index in [1.807, 2.05) is 0 Å². The van der Waals surface area contributed by atoms with Gasteiger partial charge in [-0.2, -0.15) is 0 Å². The first kappa shape index (κ1) is 61.1. The van der Waals surface area contributed by atoms with Gasteiger partial charge in [0, 0.05) is 6.42 Å². The zero-order chi connectivity index (χ0) is 45.9. The fraction of sp³-hybridized carbons (Fsp3) is 0.860. The molecule has 1 amide bonds. The van der Waals surface area contributed by atoms with Crippen LogP contribution in [-0.2, 0) is 14.3 Å². The van der Waals surface area contributed by atoms with Crippen LogP contribution in [0.25, 0.3) is 0 Å². The normalized spacial score (nSPS) is 13.4. The summed E-state index contributed by atoms with van der Waals surface area (Å²) in [6, 6.07) is -0.707. The molecular weight excluding hydrogens is 779 g/mol. The predicted octanol–water partition coefficient (Wildman–Crippen LogP) is 16.8. The third-order valence-corrected chi connectivity index (χ3v) is 12.7. The summed E-state index contributed by atoms with van der Waals surface area (Å²) >= 11 is 0. The zero-order valence-corrected chi connectivity index (χ0v) is 42.2. The van der Waals surface area contributed by atoms with E-state index < -0.39 is 18.2 Å². The van der Waals surface area contributed by atoms with E-state index in [1.165, 1.54) is 167 Å². The van der Waals surface area contributed by atoms with Crippen molar-refractivity contribution in [1.82, 2.24) is 5.32 Å². The Balaban J connectivity index is 4.58. The highest BCUT2D eigenvalue weighted by atomic mass is 16.5. The highest BCUT2D eigenvalue weighted by molar-refractivity contribution is 5.77. The van der Waals surface area contributed by atoms with Gasteiger partial charge < -0.3 is 20.3 Å². The molecular formula is C57H107NO5. The molecule has 6 heteroatoms. The largest absolute Gasteiger partial charge is 0.462 e. The van der Waals surface area contributed by atoms with Crippen molar-refractivity contribution in [1.29, 1.82) is 0 Å². The molecule has 0 aliphatic carbocycles. The quantitative estimate of drug-likeness (QED) is 0.0321. The summed E-state index contributed by atoms with van der Waals surface area (Å²) in [5, 5.41) is 23.8. The number of carbonyl (C=O) groups excluding carboxylic acids is 2. The average molecular weight is 886 g/mol. The summed E-state index contributed by atoms with van der Waals surface area (Å²) in [7, 11) is 0. The molecule has 3 atom stereocenters. The monoisotopic (exact) mass is 886 g/mol. The Bertz CT molecular complexity index is 1040. The molecule has 0 aliphatic heterocycles. The molecule has 0 radical (unpaired) electrons. The van der Waals surface area contributed by atoms with E-state index in [4.69, 9.17) is 4.74 Å². The van der Waals surface area contributed by atoms with Gasteiger partial charge in [-0.15, -0.1) is 0 Å². The first-order chi connectivity index (χ1) is 31.0. The SMILES string of the molecule is CCCCC/C=C\C/C=C\CCCCCCCC(CC(=O)NC(CO)C(O)CCCCCCCCCCCCCCCCC)OC(=O)CCCCC/C=C\CCCCCCCCC. The van der Waals surface area contributed by atoms with Crippen molar-refractivity contribution in [2.24, 2.45) is 0 Å². The molecule has 0 aliphatic rings. The van der Waals surface area contributed by atoms with Crippen molar-refractivity contribution >= 4 is 11.9 Å². The number of rotatable bonds is 50. The number of unbranched alkanes of at least 4 members (excludes halogenated alkanes) is 32. The Morgan fingerprint density at radius 1 is 0.460 bits per heavy atom. The van der Waals surface area contributed by atoms with Crippen LogP contribution in [0.15, 0.2) is 36.5 Å². The lowest BCUT2D eigenvalue weighted by molar-refractivity contribution is -0.151. The molecule has 0 fully saturated rings. The van der Waals surface area contributed by atoms with Gasteiger partial charge in [0.1, 0.15) is 6.10 Å². The van der Waals surface area contributed by atoms with Crippen molar-refractivity contribution in [2.75, 3.05) is 6.61 Å². The van der Waals surface area contributed by atoms with Gasteiger partial charge in [0.25, 0.3) is 0 Å². The van der Waals surface area contributed by atoms with Crippen LogP contribution in [0.1, 0.15) is 290 Å². The molecule has 3 N–H and O–H groups in total. The number of amides is 1. The molecule has 0 bridgehead atoms. The molecule has 0 spiro atoms. The lowest BCUT2D eigenvalue weighted by Crippen LogP contribution is -2.46. The second-order valence-electron chi connectivity index (χ2n) is 19.0. The highest BCUT2D eigenvalue weighted by Gasteiger charge is 2.24. The maximum Gasteiger partial charge on any atom is 0.306 e. The van der Waals surface area contributed by atoms with Crippen molar-refractivity contribution in [2.45, 2.75) is 309 Å². The van der Waals surface area contributed by atoms with Crippen LogP contribution in [0.5, 0.6) is 0 Å². The summed E-state index contributed by atoms with van der Waals surface area (Å²) in [5.74, 6) is -0.495. The average Bonchev–Trinajstić information content (AvgIpc) is 3.28. The van der Waals surface area contributed by atoms with Crippen molar-refractivity contribution in [3.63, 3.8) is 0 Å². The number of carbonyl (C=O) groups is 2. The van der Waals surface area contributed by atoms with Crippen LogP contribution in [0.2, 0.25) is 0 Å². The minimum atomic E-state index is -0.793. The van der Waals surface area contributed by atoms with Crippen LogP contribution in [-0.4, -0.2) is 46.9 Å². The molecule has 370 valence electrons. The summed E-state index contributed by atoms with van der Waals surface area (Å²) in [4.78, 5) is 26.2. The van der Waals surface area contributed by atoms with E-state index in [9.17, 15) is 19.8 Å². The maximum atomic E-state index is 13.2. The van der Waals surface area contributed by atoms with Gasteiger partial charge in [0.15, 0.2) is 0 Å². The molecule has 6 nitrogen and oxygen atoms in total. The zero-order valence-electron chi connectivity index (χ0n) is 42.2. The third kappa shape index (κ3) is 46.4. The van der Waals surface area contributed by atoms with Gasteiger partial charge >= 0.3 is 5.97 Å². The van der Waals surface area contributed by atoms with E-state index >= 15 is 0 Å². The van der Waals surface area contributed by atoms with Gasteiger partial charge in [-0.1, -0.05) is 231 Å². The lowest BCUT2D eigenvalue weighted by Gasteiger charge is -2.24. The molecule has 0 heterocycles. The fourth-order valence-electron chi connectivity index (χ4n) is 8.46. The minimum absolute atomic E-state index is 0.0648. The van der Waals surface area contributed by atoms with Crippen LogP contribution in [0, 0.1) is 0 Å². The Morgan fingerprint density at radius 2 is 0.810 bits per heavy atom. The summed E-state index contributed by atoms with van der Waals surface area (Å²) in [5.41, 5.74) is 0. The number of nitrogens with one attached hydrogen (secondary N) is 1. The first-order valence-corrected chi connectivity index (χ1v) is 27.7. The smallest absolute Gasteiger partial charge is 0.306 e. The van der Waals surface area contributed by atoms with Gasteiger partial charge in [-0.25, -0.2) is 0 Å². The second-order valence-corrected chi connectivity index (χ2v) is 19.0. The number of allylic oxidation sites excluding steroid dienone is 6. The number of aliphatic hydroxyl groups excluding tert-OH is 2. The summed E-state index contributed by atoms with van der Waals surface area (Å²) in [6.45, 7) is 6.47. The van der Waals surface area contributed by atoms with E-state index in [0.29, 0.717) is 19.3 Å². The standard InChI is InChI=1S/C57H107NO5/c1-4-7-10-13-16-19-22-25-28-30-33-36-39-42-45-48-53(63-57(62)50-47-44-41-38-35-32-27-24-21-18-15-12-9-6-3)51-56(61)58-54(52-59)55(60)49-46-43-40-37-34-31-29-26-23-20-17-14-11-8-5-2/h16,19,25,28,32,35,53-55,59-60H,4-15,17-18,20-24,26-27,29-31,33-34,36-52H2,1-3H3,(H,58,61)/b19-16-,28-25-,35-32-. The van der Waals surface area contributed by atoms with E-state index in [1.54, 1.807) is 0 Å². The van der Waals surface area contributed by atoms with Gasteiger partial charge in [0.2, 0.25) is 5.91 Å². The Kier molecular flexibility index (Phi) is 49.5. The number of aliphatic hydroxyl groups is 2. The summed E-state index contributed by atoms with van der Waals surface area (Å²) < 4.78 is 5.94. The van der Waals surface area contributed by atoms with Crippen molar-refractivity contribution in [3.8, 4) is 0 Å². The highest BCUT2D eigenvalue weighted by Crippen LogP contribution is 2.18. The van der Waals surface area contributed by atoms with Gasteiger partial charge in [0.05, 0.1) is 25.2 Å². The molecule has 0 rings (SSSR count). The topological polar surface area (TPSA) is 95.9 Å². The molecule has 3 unspecified atom stereocenters. The number of hydrogen-bond acceptors (Lipinski definition) is 5. The molecule has 0 aromatic rings. The minimum Gasteiger partial charge on any atom is -0.462 e. The molecule has 0 saturated heterocycles. The Labute approximate surface area is 392 Å². The van der Waals surface area contributed by atoms with Gasteiger partial charge in [-0.3, -0.25) is 9.59 Å². The van der Waals surface area contributed by atoms with Crippen LogP contribution >= 0.6 is 0 Å². The van der Waals surface area contributed by atoms with E-state index in [0.717, 1.165) is 77.0 Å². The van der Waals surface area contributed by atoms with Crippen LogP contribution < -0.4 is 5.32 Å². The number of ether oxygens (including phenoxy) is 1. The van der Waals surface area contributed by atoms with E-state index in [-0.39, 0.29) is 24.9 Å². The Morgan fingerprint density at radius 3 is 1.25 bits per heavy atom. The number of hydrogen-bond donors (Lipinski definition) is 3. The van der Waals surface area contributed by atoms with Crippen molar-refractivity contribution < 1.29 is 24.5 Å². The van der Waals surface area contributed by atoms with Crippen molar-refractivity contribution in [3.05, 3.63) is 36.5 Å². The maximum absolute atomic E-state index is 13.2. The lowest BCUT2D eigenvalue weighted by atomic mass is 10.0. The van der Waals surface area contributed by atoms with Crippen LogP contribution in [0.3, 0.4) is 0 Å². The molecule has 0 saturated carbocycles. The van der Waals surface area contributed by atoms with E-state index in [2.05, 4.69) is 62.5 Å². The predicted molar refractivity (Wildman–Crippen MR) is 273 cm³/mol. The number of esters is 1.